The Morgan fingerprint density at radius 1 is 1.28 bits per heavy atom. The molecule has 2 heterocycles. The molecule has 1 aromatic carbocycles. The summed E-state index contributed by atoms with van der Waals surface area (Å²) >= 11 is 6.02. The van der Waals surface area contributed by atoms with E-state index in [1.54, 1.807) is 6.08 Å². The normalized spacial score (nSPS) is 21.8. The molecule has 0 aliphatic carbocycles. The molecule has 18 heavy (non-hydrogen) atoms. The summed E-state index contributed by atoms with van der Waals surface area (Å²) in [5.41, 5.74) is 1.50. The minimum atomic E-state index is -0.451. The average Bonchev–Trinajstić information content (AvgIpc) is 2.67. The molecule has 2 aliphatic rings. The third-order valence-electron chi connectivity index (χ3n) is 3.60. The minimum absolute atomic E-state index is 0.244. The summed E-state index contributed by atoms with van der Waals surface area (Å²) < 4.78 is 5.58. The van der Waals surface area contributed by atoms with Gasteiger partial charge in [0.15, 0.2) is 0 Å². The van der Waals surface area contributed by atoms with E-state index in [1.165, 1.54) is 0 Å². The first-order valence-electron chi connectivity index (χ1n) is 6.11. The van der Waals surface area contributed by atoms with Gasteiger partial charge in [-0.15, -0.1) is 0 Å². The van der Waals surface area contributed by atoms with Crippen LogP contribution in [0.15, 0.2) is 30.3 Å². The number of halogens is 1. The van der Waals surface area contributed by atoms with E-state index in [9.17, 15) is 4.79 Å². The molecule has 1 saturated heterocycles. The lowest BCUT2D eigenvalue weighted by Gasteiger charge is -2.35. The van der Waals surface area contributed by atoms with Crippen LogP contribution < -0.4 is 5.32 Å². The van der Waals surface area contributed by atoms with Gasteiger partial charge in [0.05, 0.1) is 0 Å². The van der Waals surface area contributed by atoms with Gasteiger partial charge in [0.1, 0.15) is 5.60 Å². The first-order valence-corrected chi connectivity index (χ1v) is 6.49. The highest BCUT2D eigenvalue weighted by Gasteiger charge is 2.44. The van der Waals surface area contributed by atoms with Crippen molar-refractivity contribution in [2.45, 2.75) is 18.4 Å². The molecule has 0 bridgehead atoms. The Bertz CT molecular complexity index is 518. The van der Waals surface area contributed by atoms with Crippen molar-refractivity contribution in [2.75, 3.05) is 13.1 Å². The highest BCUT2D eigenvalue weighted by molar-refractivity contribution is 6.30. The summed E-state index contributed by atoms with van der Waals surface area (Å²) in [6, 6.07) is 7.59. The Morgan fingerprint density at radius 3 is 2.78 bits per heavy atom. The molecule has 0 unspecified atom stereocenters. The maximum Gasteiger partial charge on any atom is 0.332 e. The fourth-order valence-electron chi connectivity index (χ4n) is 2.73. The molecule has 1 spiro atoms. The molecule has 0 amide bonds. The molecular formula is C14H14ClNO2. The molecule has 3 rings (SSSR count). The summed E-state index contributed by atoms with van der Waals surface area (Å²) in [5, 5.41) is 3.97. The van der Waals surface area contributed by atoms with Crippen LogP contribution in [0.3, 0.4) is 0 Å². The van der Waals surface area contributed by atoms with Gasteiger partial charge in [-0.1, -0.05) is 23.7 Å². The zero-order valence-electron chi connectivity index (χ0n) is 9.91. The molecule has 1 N–H and O–H groups in total. The first kappa shape index (κ1) is 11.8. The molecule has 4 heteroatoms. The highest BCUT2D eigenvalue weighted by Crippen LogP contribution is 2.42. The Kier molecular flexibility index (Phi) is 2.88. The highest BCUT2D eigenvalue weighted by atomic mass is 35.5. The van der Waals surface area contributed by atoms with Crippen LogP contribution in [-0.4, -0.2) is 24.7 Å². The third-order valence-corrected chi connectivity index (χ3v) is 3.83. The van der Waals surface area contributed by atoms with Crippen LogP contribution >= 0.6 is 11.6 Å². The van der Waals surface area contributed by atoms with Gasteiger partial charge < -0.3 is 10.1 Å². The van der Waals surface area contributed by atoms with Crippen molar-refractivity contribution in [1.82, 2.24) is 5.32 Å². The van der Waals surface area contributed by atoms with Crippen molar-refractivity contribution in [3.8, 4) is 0 Å². The smallest absolute Gasteiger partial charge is 0.332 e. The number of hydrogen-bond donors (Lipinski definition) is 1. The van der Waals surface area contributed by atoms with Gasteiger partial charge >= 0.3 is 5.97 Å². The van der Waals surface area contributed by atoms with Gasteiger partial charge in [-0.25, -0.2) is 4.79 Å². The van der Waals surface area contributed by atoms with E-state index in [2.05, 4.69) is 5.32 Å². The van der Waals surface area contributed by atoms with Crippen molar-refractivity contribution < 1.29 is 9.53 Å². The van der Waals surface area contributed by atoms with Crippen LogP contribution in [0.4, 0.5) is 0 Å². The number of piperidine rings is 1. The molecular weight excluding hydrogens is 250 g/mol. The summed E-state index contributed by atoms with van der Waals surface area (Å²) in [6.45, 7) is 1.73. The lowest BCUT2D eigenvalue weighted by molar-refractivity contribution is -0.146. The quantitative estimate of drug-likeness (QED) is 0.791. The fourth-order valence-corrected chi connectivity index (χ4v) is 2.92. The van der Waals surface area contributed by atoms with Gasteiger partial charge in [-0.2, -0.15) is 0 Å². The predicted octanol–water partition coefficient (Wildman–Crippen LogP) is 2.40. The van der Waals surface area contributed by atoms with Crippen molar-refractivity contribution in [3.63, 3.8) is 0 Å². The SMILES string of the molecule is O=C1C=C(c2cccc(Cl)c2)C2(CCNCC2)O1. The molecule has 0 saturated carbocycles. The number of rotatable bonds is 1. The minimum Gasteiger partial charge on any atom is -0.451 e. The first-order chi connectivity index (χ1) is 8.70. The predicted molar refractivity (Wildman–Crippen MR) is 70.4 cm³/mol. The molecule has 0 radical (unpaired) electrons. The van der Waals surface area contributed by atoms with E-state index in [0.717, 1.165) is 37.1 Å². The summed E-state index contributed by atoms with van der Waals surface area (Å²) in [5.74, 6) is -0.244. The van der Waals surface area contributed by atoms with E-state index in [1.807, 2.05) is 24.3 Å². The Morgan fingerprint density at radius 2 is 2.06 bits per heavy atom. The number of benzene rings is 1. The molecule has 94 valence electrons. The summed E-state index contributed by atoms with van der Waals surface area (Å²) in [4.78, 5) is 11.6. The Labute approximate surface area is 111 Å². The van der Waals surface area contributed by atoms with Crippen molar-refractivity contribution >= 4 is 23.1 Å². The maximum absolute atomic E-state index is 11.6. The third kappa shape index (κ3) is 1.93. The van der Waals surface area contributed by atoms with Gasteiger partial charge in [0, 0.05) is 29.5 Å². The number of carbonyl (C=O) groups is 1. The number of nitrogens with one attached hydrogen (secondary N) is 1. The molecule has 3 nitrogen and oxygen atoms in total. The molecule has 1 aromatic rings. The van der Waals surface area contributed by atoms with Gasteiger partial charge in [-0.05, 0) is 30.8 Å². The zero-order chi connectivity index (χ0) is 12.6. The van der Waals surface area contributed by atoms with Crippen LogP contribution in [0.2, 0.25) is 5.02 Å². The average molecular weight is 264 g/mol. The van der Waals surface area contributed by atoms with E-state index < -0.39 is 5.60 Å². The van der Waals surface area contributed by atoms with E-state index in [0.29, 0.717) is 5.02 Å². The second-order valence-electron chi connectivity index (χ2n) is 4.73. The summed E-state index contributed by atoms with van der Waals surface area (Å²) in [6.07, 6.45) is 3.24. The van der Waals surface area contributed by atoms with Gasteiger partial charge in [0.2, 0.25) is 0 Å². The monoisotopic (exact) mass is 263 g/mol. The number of hydrogen-bond acceptors (Lipinski definition) is 3. The topological polar surface area (TPSA) is 38.3 Å². The number of esters is 1. The van der Waals surface area contributed by atoms with Crippen LogP contribution in [0.25, 0.3) is 5.57 Å². The van der Waals surface area contributed by atoms with Crippen LogP contribution in [-0.2, 0) is 9.53 Å². The largest absolute Gasteiger partial charge is 0.451 e. The molecule has 2 aliphatic heterocycles. The van der Waals surface area contributed by atoms with E-state index >= 15 is 0 Å². The van der Waals surface area contributed by atoms with Gasteiger partial charge in [0.25, 0.3) is 0 Å². The van der Waals surface area contributed by atoms with E-state index in [-0.39, 0.29) is 5.97 Å². The van der Waals surface area contributed by atoms with Crippen molar-refractivity contribution in [3.05, 3.63) is 40.9 Å². The Balaban J connectivity index is 2.02. The zero-order valence-corrected chi connectivity index (χ0v) is 10.7. The lowest BCUT2D eigenvalue weighted by Crippen LogP contribution is -2.43. The fraction of sp³-hybridized carbons (Fsp3) is 0.357. The lowest BCUT2D eigenvalue weighted by atomic mass is 9.82. The van der Waals surface area contributed by atoms with Crippen LogP contribution in [0.1, 0.15) is 18.4 Å². The van der Waals surface area contributed by atoms with Gasteiger partial charge in [-0.3, -0.25) is 0 Å². The molecule has 1 fully saturated rings. The number of carbonyl (C=O) groups excluding carboxylic acids is 1. The second kappa shape index (κ2) is 4.41. The van der Waals surface area contributed by atoms with Crippen molar-refractivity contribution in [1.29, 1.82) is 0 Å². The van der Waals surface area contributed by atoms with Crippen LogP contribution in [0, 0.1) is 0 Å². The van der Waals surface area contributed by atoms with E-state index in [4.69, 9.17) is 16.3 Å². The molecule has 0 aromatic heterocycles. The van der Waals surface area contributed by atoms with Crippen LogP contribution in [0.5, 0.6) is 0 Å². The summed E-state index contributed by atoms with van der Waals surface area (Å²) in [7, 11) is 0. The maximum atomic E-state index is 11.6. The standard InChI is InChI=1S/C14H14ClNO2/c15-11-3-1-2-10(8-11)12-9-13(17)18-14(12)4-6-16-7-5-14/h1-3,8-9,16H,4-7H2. The molecule has 0 atom stereocenters. The Hall–Kier alpha value is -1.32. The van der Waals surface area contributed by atoms with Crippen molar-refractivity contribution in [2.24, 2.45) is 0 Å². The number of ether oxygens (including phenoxy) is 1. The second-order valence-corrected chi connectivity index (χ2v) is 5.17.